The molecular weight excluding hydrogens is 396 g/mol. The number of hydrogen-bond donors (Lipinski definition) is 2. The number of anilines is 2. The van der Waals surface area contributed by atoms with Gasteiger partial charge in [0, 0.05) is 16.9 Å². The number of rotatable bonds is 10. The van der Waals surface area contributed by atoms with Crippen molar-refractivity contribution in [3.63, 3.8) is 0 Å². The maximum Gasteiger partial charge on any atom is 0.161 e. The van der Waals surface area contributed by atoms with Crippen LogP contribution in [0.25, 0.3) is 0 Å². The van der Waals surface area contributed by atoms with Gasteiger partial charge in [0.2, 0.25) is 0 Å². The minimum atomic E-state index is -0.901. The van der Waals surface area contributed by atoms with E-state index in [0.717, 1.165) is 24.1 Å². The van der Waals surface area contributed by atoms with Gasteiger partial charge in [0.25, 0.3) is 0 Å². The number of aliphatic hydroxyl groups is 1. The average molecular weight is 439 g/mol. The van der Waals surface area contributed by atoms with Gasteiger partial charge in [-0.15, -0.1) is 0 Å². The molecule has 0 aromatic heterocycles. The van der Waals surface area contributed by atoms with Crippen LogP contribution in [0, 0.1) is 0 Å². The molecule has 0 spiro atoms. The van der Waals surface area contributed by atoms with Gasteiger partial charge in [0.1, 0.15) is 6.23 Å². The molecule has 0 radical (unpaired) electrons. The maximum atomic E-state index is 9.30. The summed E-state index contributed by atoms with van der Waals surface area (Å²) < 4.78 is 22.9. The largest absolute Gasteiger partial charge is 0.398 e. The SMILES string of the molecule is CC(O)OC(C)OC(C)OC(C)OC(C)N1c2cc(C(C)C)c(N)cc2CCC1(C)C. The van der Waals surface area contributed by atoms with Gasteiger partial charge in [-0.05, 0) is 90.5 Å². The number of aliphatic hydroxyl groups excluding tert-OH is 1. The molecular formula is C24H42N2O5. The monoisotopic (exact) mass is 438 g/mol. The van der Waals surface area contributed by atoms with E-state index < -0.39 is 25.2 Å². The first kappa shape index (κ1) is 25.9. The van der Waals surface area contributed by atoms with Crippen molar-refractivity contribution in [1.29, 1.82) is 0 Å². The van der Waals surface area contributed by atoms with Crippen molar-refractivity contribution < 1.29 is 24.1 Å². The number of hydrogen-bond acceptors (Lipinski definition) is 7. The third-order valence-corrected chi connectivity index (χ3v) is 5.73. The number of aryl methyl sites for hydroxylation is 1. The summed E-state index contributed by atoms with van der Waals surface area (Å²) in [5.74, 6) is 0.347. The molecule has 0 saturated heterocycles. The Labute approximate surface area is 187 Å². The minimum absolute atomic E-state index is 0.0712. The predicted molar refractivity (Wildman–Crippen MR) is 124 cm³/mol. The highest BCUT2D eigenvalue weighted by molar-refractivity contribution is 5.67. The van der Waals surface area contributed by atoms with Crippen molar-refractivity contribution in [2.75, 3.05) is 10.6 Å². The highest BCUT2D eigenvalue weighted by Crippen LogP contribution is 2.42. The fourth-order valence-electron chi connectivity index (χ4n) is 4.42. The Morgan fingerprint density at radius 1 is 0.903 bits per heavy atom. The van der Waals surface area contributed by atoms with Crippen molar-refractivity contribution in [3.8, 4) is 0 Å². The number of benzene rings is 1. The molecule has 5 unspecified atom stereocenters. The lowest BCUT2D eigenvalue weighted by Crippen LogP contribution is -2.54. The lowest BCUT2D eigenvalue weighted by molar-refractivity contribution is -0.305. The zero-order chi connectivity index (χ0) is 23.5. The third kappa shape index (κ3) is 6.80. The Morgan fingerprint density at radius 3 is 2.00 bits per heavy atom. The van der Waals surface area contributed by atoms with Gasteiger partial charge >= 0.3 is 0 Å². The molecule has 1 aromatic carbocycles. The van der Waals surface area contributed by atoms with E-state index in [9.17, 15) is 5.11 Å². The summed E-state index contributed by atoms with van der Waals surface area (Å²) in [6, 6.07) is 4.35. The lowest BCUT2D eigenvalue weighted by Gasteiger charge is -2.49. The molecule has 178 valence electrons. The molecule has 0 saturated carbocycles. The normalized spacial score (nSPS) is 20.8. The molecule has 5 atom stereocenters. The van der Waals surface area contributed by atoms with Crippen LogP contribution in [0.2, 0.25) is 0 Å². The minimum Gasteiger partial charge on any atom is -0.398 e. The Kier molecular flexibility index (Phi) is 8.76. The molecule has 7 nitrogen and oxygen atoms in total. The smallest absolute Gasteiger partial charge is 0.161 e. The average Bonchev–Trinajstić information content (AvgIpc) is 2.59. The van der Waals surface area contributed by atoms with E-state index in [4.69, 9.17) is 24.7 Å². The van der Waals surface area contributed by atoms with E-state index >= 15 is 0 Å². The first-order valence-corrected chi connectivity index (χ1v) is 11.3. The molecule has 0 fully saturated rings. The van der Waals surface area contributed by atoms with Crippen LogP contribution < -0.4 is 10.6 Å². The second kappa shape index (κ2) is 10.5. The molecule has 2 rings (SSSR count). The second-order valence-corrected chi connectivity index (χ2v) is 9.39. The summed E-state index contributed by atoms with van der Waals surface area (Å²) in [5, 5.41) is 9.30. The summed E-state index contributed by atoms with van der Waals surface area (Å²) in [6.07, 6.45) is -0.752. The summed E-state index contributed by atoms with van der Waals surface area (Å²) in [7, 11) is 0. The van der Waals surface area contributed by atoms with Gasteiger partial charge < -0.3 is 34.7 Å². The van der Waals surface area contributed by atoms with Crippen molar-refractivity contribution in [1.82, 2.24) is 0 Å². The third-order valence-electron chi connectivity index (χ3n) is 5.73. The van der Waals surface area contributed by atoms with Crippen LogP contribution >= 0.6 is 0 Å². The summed E-state index contributed by atoms with van der Waals surface area (Å²) in [4.78, 5) is 2.34. The van der Waals surface area contributed by atoms with E-state index in [2.05, 4.69) is 44.7 Å². The molecule has 3 N–H and O–H groups in total. The Hall–Kier alpha value is -1.38. The zero-order valence-electron chi connectivity index (χ0n) is 20.6. The first-order chi connectivity index (χ1) is 14.3. The summed E-state index contributed by atoms with van der Waals surface area (Å²) in [6.45, 7) is 17.8. The molecule has 31 heavy (non-hydrogen) atoms. The maximum absolute atomic E-state index is 9.30. The number of nitrogen functional groups attached to an aromatic ring is 1. The molecule has 0 aliphatic carbocycles. The van der Waals surface area contributed by atoms with Crippen LogP contribution in [0.4, 0.5) is 11.4 Å². The summed E-state index contributed by atoms with van der Waals surface area (Å²) >= 11 is 0. The highest BCUT2D eigenvalue weighted by Gasteiger charge is 2.37. The highest BCUT2D eigenvalue weighted by atomic mass is 16.8. The van der Waals surface area contributed by atoms with Crippen LogP contribution in [0.15, 0.2) is 12.1 Å². The lowest BCUT2D eigenvalue weighted by atomic mass is 9.84. The molecule has 1 aliphatic heterocycles. The van der Waals surface area contributed by atoms with Crippen LogP contribution in [-0.2, 0) is 25.4 Å². The number of nitrogens with two attached hydrogens (primary N) is 1. The van der Waals surface area contributed by atoms with E-state index in [-0.39, 0.29) is 11.8 Å². The Morgan fingerprint density at radius 2 is 1.45 bits per heavy atom. The Bertz CT molecular complexity index is 722. The fourth-order valence-corrected chi connectivity index (χ4v) is 4.42. The second-order valence-electron chi connectivity index (χ2n) is 9.39. The van der Waals surface area contributed by atoms with Crippen molar-refractivity contribution in [2.45, 2.75) is 118 Å². The van der Waals surface area contributed by atoms with Crippen LogP contribution in [0.3, 0.4) is 0 Å². The van der Waals surface area contributed by atoms with Gasteiger partial charge in [0.15, 0.2) is 25.2 Å². The standard InChI is InChI=1S/C24H42N2O5/c1-14(2)21-13-23-20(12-22(21)25)10-11-24(8,9)26(23)15(3)28-17(5)30-19(7)31-18(6)29-16(4)27/h12-19,27H,10-11,25H2,1-9H3. The van der Waals surface area contributed by atoms with Crippen molar-refractivity contribution >= 4 is 11.4 Å². The molecule has 0 amide bonds. The molecule has 0 bridgehead atoms. The van der Waals surface area contributed by atoms with Gasteiger partial charge in [-0.1, -0.05) is 13.8 Å². The van der Waals surface area contributed by atoms with E-state index in [1.54, 1.807) is 13.8 Å². The van der Waals surface area contributed by atoms with Crippen LogP contribution in [0.5, 0.6) is 0 Å². The van der Waals surface area contributed by atoms with E-state index in [1.165, 1.54) is 18.2 Å². The predicted octanol–water partition coefficient (Wildman–Crippen LogP) is 4.71. The summed E-state index contributed by atoms with van der Waals surface area (Å²) in [5.41, 5.74) is 10.7. The quantitative estimate of drug-likeness (QED) is 0.404. The van der Waals surface area contributed by atoms with Gasteiger partial charge in [-0.2, -0.15) is 0 Å². The first-order valence-electron chi connectivity index (χ1n) is 11.3. The van der Waals surface area contributed by atoms with Crippen LogP contribution in [0.1, 0.15) is 85.8 Å². The van der Waals surface area contributed by atoms with Gasteiger partial charge in [-0.3, -0.25) is 0 Å². The van der Waals surface area contributed by atoms with Gasteiger partial charge in [-0.25, -0.2) is 0 Å². The molecule has 1 heterocycles. The van der Waals surface area contributed by atoms with Crippen LogP contribution in [-0.4, -0.2) is 42.0 Å². The zero-order valence-corrected chi connectivity index (χ0v) is 20.6. The Balaban J connectivity index is 2.13. The van der Waals surface area contributed by atoms with Gasteiger partial charge in [0.05, 0.1) is 0 Å². The van der Waals surface area contributed by atoms with E-state index in [0.29, 0.717) is 5.92 Å². The number of nitrogens with zero attached hydrogens (tertiary/aromatic N) is 1. The van der Waals surface area contributed by atoms with Crippen molar-refractivity contribution in [3.05, 3.63) is 23.3 Å². The van der Waals surface area contributed by atoms with E-state index in [1.807, 2.05) is 13.8 Å². The molecule has 1 aliphatic rings. The van der Waals surface area contributed by atoms with Crippen molar-refractivity contribution in [2.24, 2.45) is 0 Å². The molecule has 7 heteroatoms. The number of fused-ring (bicyclic) bond motifs is 1. The topological polar surface area (TPSA) is 86.4 Å². The fraction of sp³-hybridized carbons (Fsp3) is 0.750. The molecule has 1 aromatic rings. The number of ether oxygens (including phenoxy) is 4.